The molecule has 0 atom stereocenters. The first kappa shape index (κ1) is 8.09. The van der Waals surface area contributed by atoms with Crippen LogP contribution in [0.1, 0.15) is 13.8 Å². The zero-order valence-corrected chi connectivity index (χ0v) is 8.49. The third-order valence-corrected chi connectivity index (χ3v) is 1.34. The minimum atomic E-state index is -0.227. The second-order valence-corrected chi connectivity index (χ2v) is 6.08. The number of carbonyl (C=O) groups is 1. The molecular weight excluding hydrogens is 157 g/mol. The van der Waals surface area contributed by atoms with Crippen molar-refractivity contribution in [2.45, 2.75) is 17.9 Å². The SMILES string of the molecule is COC(=O)[C](C)(C)[Zn]. The molecule has 0 radical (unpaired) electrons. The summed E-state index contributed by atoms with van der Waals surface area (Å²) in [6, 6.07) is 0. The molecule has 0 amide bonds. The molecule has 0 unspecified atom stereocenters. The predicted molar refractivity (Wildman–Crippen MR) is 26.1 cm³/mol. The van der Waals surface area contributed by atoms with E-state index in [1.807, 2.05) is 13.8 Å². The van der Waals surface area contributed by atoms with Crippen LogP contribution in [-0.2, 0) is 27.8 Å². The molecule has 8 heavy (non-hydrogen) atoms. The number of carbonyl (C=O) groups excluding carboxylic acids is 1. The zero-order valence-electron chi connectivity index (χ0n) is 5.52. The Labute approximate surface area is 59.3 Å². The summed E-state index contributed by atoms with van der Waals surface area (Å²) < 4.78 is 4.28. The van der Waals surface area contributed by atoms with Crippen LogP contribution in [0.4, 0.5) is 0 Å². The van der Waals surface area contributed by atoms with Crippen molar-refractivity contribution in [3.05, 3.63) is 0 Å². The van der Waals surface area contributed by atoms with Gasteiger partial charge >= 0.3 is 58.8 Å². The molecule has 0 aliphatic carbocycles. The molecule has 0 fully saturated rings. The van der Waals surface area contributed by atoms with E-state index in [2.05, 4.69) is 4.74 Å². The summed E-state index contributed by atoms with van der Waals surface area (Å²) in [5.74, 6) is -0.113. The molecule has 3 heteroatoms. The topological polar surface area (TPSA) is 26.3 Å². The average molecular weight is 167 g/mol. The number of rotatable bonds is 1. The van der Waals surface area contributed by atoms with Gasteiger partial charge in [0, 0.05) is 0 Å². The summed E-state index contributed by atoms with van der Waals surface area (Å²) in [5, 5.41) is 0. The van der Waals surface area contributed by atoms with Gasteiger partial charge < -0.3 is 0 Å². The van der Waals surface area contributed by atoms with Crippen molar-refractivity contribution in [3.8, 4) is 0 Å². The Bertz CT molecular complexity index is 93.1. The molecule has 0 aromatic rings. The third-order valence-electron chi connectivity index (χ3n) is 0.738. The van der Waals surface area contributed by atoms with E-state index in [-0.39, 0.29) is 9.98 Å². The molecule has 0 saturated carbocycles. The van der Waals surface area contributed by atoms with E-state index in [0.29, 0.717) is 0 Å². The number of hydrogen-bond donors (Lipinski definition) is 0. The number of methoxy groups -OCH3 is 1. The van der Waals surface area contributed by atoms with E-state index in [0.717, 1.165) is 18.3 Å². The number of esters is 1. The van der Waals surface area contributed by atoms with E-state index in [9.17, 15) is 4.79 Å². The van der Waals surface area contributed by atoms with Crippen LogP contribution in [0.2, 0.25) is 4.01 Å². The van der Waals surface area contributed by atoms with Crippen LogP contribution in [0.25, 0.3) is 0 Å². The van der Waals surface area contributed by atoms with Crippen molar-refractivity contribution in [3.63, 3.8) is 0 Å². The molecule has 0 heterocycles. The van der Waals surface area contributed by atoms with Gasteiger partial charge in [-0.05, 0) is 0 Å². The van der Waals surface area contributed by atoms with Gasteiger partial charge in [0.1, 0.15) is 0 Å². The van der Waals surface area contributed by atoms with Gasteiger partial charge in [0.25, 0.3) is 0 Å². The second kappa shape index (κ2) is 2.59. The third kappa shape index (κ3) is 2.41. The van der Waals surface area contributed by atoms with Gasteiger partial charge in [0.2, 0.25) is 0 Å². The Kier molecular flexibility index (Phi) is 2.62. The Morgan fingerprint density at radius 1 is 1.62 bits per heavy atom. The quantitative estimate of drug-likeness (QED) is 0.428. The summed E-state index contributed by atoms with van der Waals surface area (Å²) in [6.45, 7) is 3.75. The molecule has 0 aliphatic heterocycles. The van der Waals surface area contributed by atoms with Crippen LogP contribution in [-0.4, -0.2) is 13.1 Å². The first-order valence-electron chi connectivity index (χ1n) is 2.42. The molecular formula is C5H9O2Zn. The molecule has 43 valence electrons. The molecule has 0 rings (SSSR count). The summed E-state index contributed by atoms with van der Waals surface area (Å²) >= 11 is 0.944. The fourth-order valence-corrected chi connectivity index (χ4v) is 0.579. The van der Waals surface area contributed by atoms with Crippen LogP contribution in [0.5, 0.6) is 0 Å². The van der Waals surface area contributed by atoms with Gasteiger partial charge in [-0.25, -0.2) is 0 Å². The van der Waals surface area contributed by atoms with E-state index in [1.165, 1.54) is 7.11 Å². The number of hydrogen-bond acceptors (Lipinski definition) is 2. The Morgan fingerprint density at radius 2 is 2.00 bits per heavy atom. The second-order valence-electron chi connectivity index (χ2n) is 2.38. The van der Waals surface area contributed by atoms with Gasteiger partial charge in [-0.2, -0.15) is 0 Å². The van der Waals surface area contributed by atoms with Crippen molar-refractivity contribution in [2.75, 3.05) is 7.11 Å². The maximum absolute atomic E-state index is 10.6. The van der Waals surface area contributed by atoms with Gasteiger partial charge in [-0.1, -0.05) is 0 Å². The van der Waals surface area contributed by atoms with E-state index >= 15 is 0 Å². The summed E-state index contributed by atoms with van der Waals surface area (Å²) in [4.78, 5) is 10.6. The maximum atomic E-state index is 10.6. The summed E-state index contributed by atoms with van der Waals surface area (Å²) in [7, 11) is 1.42. The Morgan fingerprint density at radius 3 is 2.00 bits per heavy atom. The van der Waals surface area contributed by atoms with Gasteiger partial charge in [-0.3, -0.25) is 0 Å². The van der Waals surface area contributed by atoms with Crippen LogP contribution < -0.4 is 0 Å². The standard InChI is InChI=1S/C5H9O2.Zn/c1-4(2)5(6)7-3;/h1-3H3;. The molecule has 0 saturated heterocycles. The molecule has 0 spiro atoms. The molecule has 0 aromatic heterocycles. The first-order chi connectivity index (χ1) is 3.48. The Hall–Kier alpha value is 0.0934. The first-order valence-corrected chi connectivity index (χ1v) is 3.90. The summed E-state index contributed by atoms with van der Waals surface area (Å²) in [6.07, 6.45) is 0. The van der Waals surface area contributed by atoms with Gasteiger partial charge in [-0.15, -0.1) is 0 Å². The summed E-state index contributed by atoms with van der Waals surface area (Å²) in [5.41, 5.74) is 0. The zero-order chi connectivity index (χ0) is 6.78. The fraction of sp³-hybridized carbons (Fsp3) is 0.800. The predicted octanol–water partition coefficient (Wildman–Crippen LogP) is 0.905. The Balaban J connectivity index is 3.82. The minimum absolute atomic E-state index is 0.113. The molecule has 0 N–H and O–H groups in total. The monoisotopic (exact) mass is 165 g/mol. The van der Waals surface area contributed by atoms with Crippen molar-refractivity contribution >= 4 is 5.97 Å². The van der Waals surface area contributed by atoms with E-state index in [1.54, 1.807) is 0 Å². The van der Waals surface area contributed by atoms with Crippen molar-refractivity contribution < 1.29 is 27.8 Å². The van der Waals surface area contributed by atoms with Gasteiger partial charge in [0.15, 0.2) is 0 Å². The van der Waals surface area contributed by atoms with Gasteiger partial charge in [0.05, 0.1) is 0 Å². The van der Waals surface area contributed by atoms with Crippen LogP contribution >= 0.6 is 0 Å². The van der Waals surface area contributed by atoms with Crippen LogP contribution in [0, 0.1) is 0 Å². The molecule has 0 aliphatic rings. The van der Waals surface area contributed by atoms with E-state index < -0.39 is 0 Å². The molecule has 0 bridgehead atoms. The van der Waals surface area contributed by atoms with Crippen molar-refractivity contribution in [1.29, 1.82) is 0 Å². The molecule has 0 aromatic carbocycles. The van der Waals surface area contributed by atoms with E-state index in [4.69, 9.17) is 0 Å². The normalized spacial score (nSPS) is 11.1. The molecule has 2 nitrogen and oxygen atoms in total. The van der Waals surface area contributed by atoms with Crippen molar-refractivity contribution in [1.82, 2.24) is 0 Å². The fourth-order valence-electron chi connectivity index (χ4n) is 0.276. The average Bonchev–Trinajstić information content (AvgIpc) is 1.62. The van der Waals surface area contributed by atoms with Crippen LogP contribution in [0.3, 0.4) is 0 Å². The van der Waals surface area contributed by atoms with Crippen LogP contribution in [0.15, 0.2) is 0 Å². The number of ether oxygens (including phenoxy) is 1. The van der Waals surface area contributed by atoms with Crippen molar-refractivity contribution in [2.24, 2.45) is 0 Å².